The SMILES string of the molecule is O=C(c1c(-c2ccccc2)nc2cc(C(F)(F)F)ccn12)N1CCC[C@H]1Cn1cc(-c2ccc(F)cn2)cn1. The second kappa shape index (κ2) is 9.64. The number of hydrogen-bond acceptors (Lipinski definition) is 4. The molecular formula is C28H22F4N6O. The molecule has 1 aliphatic rings. The molecule has 0 unspecified atom stereocenters. The van der Waals surface area contributed by atoms with Crippen LogP contribution in [0.5, 0.6) is 0 Å². The number of likely N-dealkylation sites (tertiary alicyclic amines) is 1. The highest BCUT2D eigenvalue weighted by Gasteiger charge is 2.35. The monoisotopic (exact) mass is 534 g/mol. The quantitative estimate of drug-likeness (QED) is 0.271. The van der Waals surface area contributed by atoms with E-state index in [2.05, 4.69) is 15.1 Å². The molecule has 11 heteroatoms. The summed E-state index contributed by atoms with van der Waals surface area (Å²) in [7, 11) is 0. The molecule has 198 valence electrons. The third-order valence-corrected chi connectivity index (χ3v) is 6.90. The maximum Gasteiger partial charge on any atom is 0.416 e. The highest BCUT2D eigenvalue weighted by atomic mass is 19.4. The normalized spacial score (nSPS) is 15.8. The zero-order chi connectivity index (χ0) is 27.1. The molecule has 1 aromatic carbocycles. The van der Waals surface area contributed by atoms with Crippen molar-refractivity contribution in [3.05, 3.63) is 96.5 Å². The molecule has 1 atom stereocenters. The van der Waals surface area contributed by atoms with Crippen LogP contribution in [-0.4, -0.2) is 47.5 Å². The van der Waals surface area contributed by atoms with Crippen LogP contribution in [0.3, 0.4) is 0 Å². The summed E-state index contributed by atoms with van der Waals surface area (Å²) in [4.78, 5) is 24.3. The number of alkyl halides is 3. The van der Waals surface area contributed by atoms with Gasteiger partial charge in [-0.1, -0.05) is 30.3 Å². The molecule has 0 bridgehead atoms. The number of carbonyl (C=O) groups is 1. The van der Waals surface area contributed by atoms with E-state index in [0.29, 0.717) is 30.0 Å². The molecule has 7 nitrogen and oxygen atoms in total. The van der Waals surface area contributed by atoms with Gasteiger partial charge >= 0.3 is 6.18 Å². The highest BCUT2D eigenvalue weighted by molar-refractivity contribution is 6.00. The van der Waals surface area contributed by atoms with Crippen LogP contribution in [0.1, 0.15) is 28.9 Å². The number of nitrogens with zero attached hydrogens (tertiary/aromatic N) is 6. The molecule has 0 N–H and O–H groups in total. The summed E-state index contributed by atoms with van der Waals surface area (Å²) in [6.07, 6.45) is 2.82. The van der Waals surface area contributed by atoms with Gasteiger partial charge in [-0.05, 0) is 37.1 Å². The van der Waals surface area contributed by atoms with Gasteiger partial charge in [0.1, 0.15) is 22.9 Å². The van der Waals surface area contributed by atoms with E-state index in [4.69, 9.17) is 0 Å². The Morgan fingerprint density at radius 1 is 1.03 bits per heavy atom. The molecule has 39 heavy (non-hydrogen) atoms. The smallest absolute Gasteiger partial charge is 0.332 e. The number of hydrogen-bond donors (Lipinski definition) is 0. The topological polar surface area (TPSA) is 68.3 Å². The minimum absolute atomic E-state index is 0.0475. The van der Waals surface area contributed by atoms with Crippen LogP contribution in [0.4, 0.5) is 17.6 Å². The first-order chi connectivity index (χ1) is 18.8. The first-order valence-corrected chi connectivity index (χ1v) is 12.4. The van der Waals surface area contributed by atoms with Crippen molar-refractivity contribution in [2.45, 2.75) is 31.6 Å². The third kappa shape index (κ3) is 4.75. The molecule has 5 heterocycles. The van der Waals surface area contributed by atoms with Gasteiger partial charge in [0.15, 0.2) is 0 Å². The number of fused-ring (bicyclic) bond motifs is 1. The molecule has 0 radical (unpaired) electrons. The first kappa shape index (κ1) is 24.8. The van der Waals surface area contributed by atoms with E-state index in [-0.39, 0.29) is 23.3 Å². The fraction of sp³-hybridized carbons (Fsp3) is 0.214. The molecule has 0 spiro atoms. The van der Waals surface area contributed by atoms with Crippen molar-refractivity contribution in [3.63, 3.8) is 0 Å². The van der Waals surface area contributed by atoms with Gasteiger partial charge in [0.05, 0.1) is 36.2 Å². The highest BCUT2D eigenvalue weighted by Crippen LogP contribution is 2.33. The number of amides is 1. The van der Waals surface area contributed by atoms with Crippen molar-refractivity contribution in [2.75, 3.05) is 6.54 Å². The lowest BCUT2D eigenvalue weighted by atomic mass is 10.1. The Balaban J connectivity index is 1.33. The number of aromatic nitrogens is 5. The lowest BCUT2D eigenvalue weighted by Crippen LogP contribution is -2.39. The molecule has 5 aromatic rings. The van der Waals surface area contributed by atoms with Gasteiger partial charge in [-0.25, -0.2) is 9.37 Å². The van der Waals surface area contributed by atoms with Gasteiger partial charge in [-0.3, -0.25) is 18.9 Å². The summed E-state index contributed by atoms with van der Waals surface area (Å²) in [5, 5.41) is 4.40. The van der Waals surface area contributed by atoms with E-state index >= 15 is 0 Å². The van der Waals surface area contributed by atoms with E-state index in [0.717, 1.165) is 36.7 Å². The molecule has 1 fully saturated rings. The van der Waals surface area contributed by atoms with Crippen LogP contribution in [0, 0.1) is 5.82 Å². The Kier molecular flexibility index (Phi) is 6.13. The Bertz CT molecular complexity index is 1640. The van der Waals surface area contributed by atoms with Crippen LogP contribution in [0.2, 0.25) is 0 Å². The Hall–Kier alpha value is -4.54. The van der Waals surface area contributed by atoms with Gasteiger partial charge in [0.25, 0.3) is 5.91 Å². The summed E-state index contributed by atoms with van der Waals surface area (Å²) in [6.45, 7) is 0.918. The summed E-state index contributed by atoms with van der Waals surface area (Å²) in [5.74, 6) is -0.737. The van der Waals surface area contributed by atoms with Crippen molar-refractivity contribution >= 4 is 11.6 Å². The Labute approximate surface area is 220 Å². The molecule has 0 aliphatic carbocycles. The number of benzene rings is 1. The van der Waals surface area contributed by atoms with Crippen LogP contribution in [0.25, 0.3) is 28.2 Å². The minimum atomic E-state index is -4.53. The van der Waals surface area contributed by atoms with Crippen LogP contribution >= 0.6 is 0 Å². The predicted octanol–water partition coefficient (Wildman–Crippen LogP) is 5.72. The average molecular weight is 535 g/mol. The number of carbonyl (C=O) groups excluding carboxylic acids is 1. The molecule has 4 aromatic heterocycles. The van der Waals surface area contributed by atoms with Crippen LogP contribution < -0.4 is 0 Å². The first-order valence-electron chi connectivity index (χ1n) is 12.4. The maximum atomic E-state index is 14.0. The van der Waals surface area contributed by atoms with Crippen molar-refractivity contribution in [1.82, 2.24) is 29.0 Å². The van der Waals surface area contributed by atoms with E-state index in [9.17, 15) is 22.4 Å². The van der Waals surface area contributed by atoms with E-state index < -0.39 is 17.6 Å². The predicted molar refractivity (Wildman–Crippen MR) is 135 cm³/mol. The molecule has 1 saturated heterocycles. The molecule has 0 saturated carbocycles. The largest absolute Gasteiger partial charge is 0.416 e. The zero-order valence-electron chi connectivity index (χ0n) is 20.5. The van der Waals surface area contributed by atoms with E-state index in [1.165, 1.54) is 16.7 Å². The van der Waals surface area contributed by atoms with Gasteiger partial charge in [0.2, 0.25) is 0 Å². The molecule has 1 amide bonds. The lowest BCUT2D eigenvalue weighted by Gasteiger charge is -2.25. The molecular weight excluding hydrogens is 512 g/mol. The minimum Gasteiger partial charge on any atom is -0.332 e. The van der Waals surface area contributed by atoms with Crippen molar-refractivity contribution in [3.8, 4) is 22.5 Å². The number of imidazole rings is 1. The maximum absolute atomic E-state index is 14.0. The lowest BCUT2D eigenvalue weighted by molar-refractivity contribution is -0.137. The van der Waals surface area contributed by atoms with Crippen LogP contribution in [-0.2, 0) is 12.7 Å². The summed E-state index contributed by atoms with van der Waals surface area (Å²) < 4.78 is 56.6. The van der Waals surface area contributed by atoms with Gasteiger partial charge in [-0.15, -0.1) is 0 Å². The zero-order valence-corrected chi connectivity index (χ0v) is 20.5. The molecule has 6 rings (SSSR count). The number of pyridine rings is 2. The van der Waals surface area contributed by atoms with E-state index in [1.807, 2.05) is 6.07 Å². The van der Waals surface area contributed by atoms with Crippen LogP contribution in [0.15, 0.2) is 79.4 Å². The third-order valence-electron chi connectivity index (χ3n) is 6.90. The second-order valence-corrected chi connectivity index (χ2v) is 9.42. The number of rotatable bonds is 5. The average Bonchev–Trinajstić information content (AvgIpc) is 3.67. The molecule has 1 aliphatic heterocycles. The number of halogens is 4. The standard InChI is InChI=1S/C28H22F4N6O/c29-21-8-9-23(33-15-21)19-14-34-36(16-19)17-22-7-4-11-37(22)27(39)26-25(18-5-2-1-3-6-18)35-24-13-20(28(30,31)32)10-12-38(24)26/h1-3,5-6,8-10,12-16,22H,4,7,11,17H2/t22-/m0/s1. The van der Waals surface area contributed by atoms with Crippen molar-refractivity contribution in [1.29, 1.82) is 0 Å². The van der Waals surface area contributed by atoms with Gasteiger partial charge in [-0.2, -0.15) is 18.3 Å². The summed E-state index contributed by atoms with van der Waals surface area (Å²) >= 11 is 0. The van der Waals surface area contributed by atoms with Gasteiger partial charge < -0.3 is 4.90 Å². The van der Waals surface area contributed by atoms with Crippen molar-refractivity contribution in [2.24, 2.45) is 0 Å². The van der Waals surface area contributed by atoms with E-state index in [1.54, 1.807) is 52.3 Å². The van der Waals surface area contributed by atoms with Gasteiger partial charge in [0, 0.05) is 30.1 Å². The Morgan fingerprint density at radius 2 is 1.85 bits per heavy atom. The summed E-state index contributed by atoms with van der Waals surface area (Å²) in [5.41, 5.74) is 1.70. The fourth-order valence-corrected chi connectivity index (χ4v) is 5.01. The fourth-order valence-electron chi connectivity index (χ4n) is 5.01. The summed E-state index contributed by atoms with van der Waals surface area (Å²) in [6, 6.07) is 13.6. The Morgan fingerprint density at radius 3 is 2.59 bits per heavy atom. The van der Waals surface area contributed by atoms with Crippen molar-refractivity contribution < 1.29 is 22.4 Å². The second-order valence-electron chi connectivity index (χ2n) is 9.42.